The summed E-state index contributed by atoms with van der Waals surface area (Å²) in [5.41, 5.74) is 0.115. The number of H-pyrrole nitrogens is 1. The first-order valence-corrected chi connectivity index (χ1v) is 7.75. The average molecular weight is 277 g/mol. The second-order valence-electron chi connectivity index (χ2n) is 6.12. The topological polar surface area (TPSA) is 66.9 Å². The van der Waals surface area contributed by atoms with Crippen LogP contribution in [0, 0.1) is 11.8 Å². The lowest BCUT2D eigenvalue weighted by atomic mass is 10.1. The van der Waals surface area contributed by atoms with E-state index in [4.69, 9.17) is 0 Å². The number of nitrogens with zero attached hydrogens (tertiary/aromatic N) is 1. The lowest BCUT2D eigenvalue weighted by molar-refractivity contribution is 0.403. The molecule has 0 saturated heterocycles. The van der Waals surface area contributed by atoms with Crippen LogP contribution in [0.3, 0.4) is 0 Å². The van der Waals surface area contributed by atoms with Crippen molar-refractivity contribution in [3.8, 4) is 0 Å². The second-order valence-corrected chi connectivity index (χ2v) is 6.12. The third kappa shape index (κ3) is 3.03. The Kier molecular flexibility index (Phi) is 3.78. The molecule has 0 radical (unpaired) electrons. The molecule has 0 amide bonds. The Labute approximate surface area is 118 Å². The molecule has 2 aliphatic rings. The van der Waals surface area contributed by atoms with Gasteiger partial charge in [0.25, 0.3) is 5.56 Å². The summed E-state index contributed by atoms with van der Waals surface area (Å²) in [5.74, 6) is 1.72. The SMILES string of the molecule is CCc1cn(CCNC(C2CC2)C2CC2)c(=O)[nH]c1=O. The summed E-state index contributed by atoms with van der Waals surface area (Å²) in [6.45, 7) is 3.35. The zero-order valence-corrected chi connectivity index (χ0v) is 12.0. The largest absolute Gasteiger partial charge is 0.328 e. The molecular weight excluding hydrogens is 254 g/mol. The van der Waals surface area contributed by atoms with Gasteiger partial charge in [0.1, 0.15) is 0 Å². The van der Waals surface area contributed by atoms with E-state index in [0.717, 1.165) is 18.4 Å². The second kappa shape index (κ2) is 5.56. The van der Waals surface area contributed by atoms with Crippen molar-refractivity contribution in [3.05, 3.63) is 32.6 Å². The van der Waals surface area contributed by atoms with Crippen LogP contribution < -0.4 is 16.6 Å². The molecule has 0 bridgehead atoms. The first-order chi connectivity index (χ1) is 9.69. The van der Waals surface area contributed by atoms with Gasteiger partial charge in [-0.2, -0.15) is 0 Å². The summed E-state index contributed by atoms with van der Waals surface area (Å²) in [7, 11) is 0. The van der Waals surface area contributed by atoms with Crippen LogP contribution in [-0.4, -0.2) is 22.1 Å². The van der Waals surface area contributed by atoms with Crippen LogP contribution in [0.4, 0.5) is 0 Å². The van der Waals surface area contributed by atoms with Crippen molar-refractivity contribution < 1.29 is 0 Å². The molecule has 1 aromatic heterocycles. The maximum atomic E-state index is 11.8. The minimum atomic E-state index is -0.302. The van der Waals surface area contributed by atoms with Gasteiger partial charge < -0.3 is 5.32 Å². The molecular formula is C15H23N3O2. The molecule has 0 atom stereocenters. The summed E-state index contributed by atoms with van der Waals surface area (Å²) in [4.78, 5) is 25.7. The summed E-state index contributed by atoms with van der Waals surface area (Å²) < 4.78 is 1.62. The highest BCUT2D eigenvalue weighted by Crippen LogP contribution is 2.44. The zero-order valence-electron chi connectivity index (χ0n) is 12.0. The summed E-state index contributed by atoms with van der Waals surface area (Å²) in [5, 5.41) is 3.62. The standard InChI is InChI=1S/C15H23N3O2/c1-2-10-9-18(15(20)17-14(10)19)8-7-16-13(11-3-4-11)12-5-6-12/h9,11-13,16H,2-8H2,1H3,(H,17,19,20). The van der Waals surface area contributed by atoms with Gasteiger partial charge in [0.15, 0.2) is 0 Å². The Morgan fingerprint density at radius 3 is 2.50 bits per heavy atom. The van der Waals surface area contributed by atoms with Crippen LogP contribution in [0.1, 0.15) is 38.2 Å². The van der Waals surface area contributed by atoms with Crippen LogP contribution in [0.15, 0.2) is 15.8 Å². The first-order valence-electron chi connectivity index (χ1n) is 7.75. The maximum absolute atomic E-state index is 11.8. The van der Waals surface area contributed by atoms with Crippen molar-refractivity contribution in [2.24, 2.45) is 11.8 Å². The highest BCUT2D eigenvalue weighted by molar-refractivity contribution is 5.04. The summed E-state index contributed by atoms with van der Waals surface area (Å²) >= 11 is 0. The normalized spacial score (nSPS) is 18.7. The number of aromatic nitrogens is 2. The van der Waals surface area contributed by atoms with Crippen LogP contribution in [0.5, 0.6) is 0 Å². The first kappa shape index (κ1) is 13.6. The molecule has 5 nitrogen and oxygen atoms in total. The number of aryl methyl sites for hydroxylation is 1. The molecule has 2 fully saturated rings. The van der Waals surface area contributed by atoms with Gasteiger partial charge in [-0.1, -0.05) is 6.92 Å². The number of hydrogen-bond donors (Lipinski definition) is 2. The number of nitrogens with one attached hydrogen (secondary N) is 2. The van der Waals surface area contributed by atoms with E-state index in [1.807, 2.05) is 6.92 Å². The lowest BCUT2D eigenvalue weighted by Crippen LogP contribution is -2.38. The lowest BCUT2D eigenvalue weighted by Gasteiger charge is -2.18. The van der Waals surface area contributed by atoms with E-state index in [2.05, 4.69) is 10.3 Å². The predicted molar refractivity (Wildman–Crippen MR) is 77.9 cm³/mol. The molecule has 0 unspecified atom stereocenters. The van der Waals surface area contributed by atoms with Gasteiger partial charge in [-0.05, 0) is 43.9 Å². The van der Waals surface area contributed by atoms with Gasteiger partial charge in [0, 0.05) is 30.9 Å². The number of aromatic amines is 1. The van der Waals surface area contributed by atoms with E-state index in [-0.39, 0.29) is 11.2 Å². The summed E-state index contributed by atoms with van der Waals surface area (Å²) in [6.07, 6.45) is 7.76. The zero-order chi connectivity index (χ0) is 14.1. The Morgan fingerprint density at radius 2 is 1.95 bits per heavy atom. The van der Waals surface area contributed by atoms with Gasteiger partial charge in [0.05, 0.1) is 0 Å². The molecule has 1 heterocycles. The minimum Gasteiger partial charge on any atom is -0.312 e. The number of rotatable bonds is 7. The Bertz CT molecular complexity index is 570. The van der Waals surface area contributed by atoms with E-state index >= 15 is 0 Å². The van der Waals surface area contributed by atoms with Crippen LogP contribution in [0.25, 0.3) is 0 Å². The minimum absolute atomic E-state index is 0.254. The molecule has 0 aliphatic heterocycles. The average Bonchev–Trinajstić information content (AvgIpc) is 3.28. The predicted octanol–water partition coefficient (Wildman–Crippen LogP) is 0.877. The Hall–Kier alpha value is -1.36. The molecule has 5 heteroatoms. The fourth-order valence-electron chi connectivity index (χ4n) is 2.95. The van der Waals surface area contributed by atoms with Crippen LogP contribution in [-0.2, 0) is 13.0 Å². The molecule has 2 saturated carbocycles. The van der Waals surface area contributed by atoms with Crippen LogP contribution >= 0.6 is 0 Å². The highest BCUT2D eigenvalue weighted by Gasteiger charge is 2.40. The van der Waals surface area contributed by atoms with E-state index in [9.17, 15) is 9.59 Å². The van der Waals surface area contributed by atoms with Gasteiger partial charge in [-0.15, -0.1) is 0 Å². The summed E-state index contributed by atoms with van der Waals surface area (Å²) in [6, 6.07) is 0.652. The van der Waals surface area contributed by atoms with Crippen molar-refractivity contribution >= 4 is 0 Å². The Balaban J connectivity index is 1.60. The third-order valence-electron chi connectivity index (χ3n) is 4.46. The quantitative estimate of drug-likeness (QED) is 0.777. The van der Waals surface area contributed by atoms with E-state index in [1.54, 1.807) is 10.8 Å². The van der Waals surface area contributed by atoms with Gasteiger partial charge in [-0.25, -0.2) is 4.79 Å². The number of hydrogen-bond acceptors (Lipinski definition) is 3. The van der Waals surface area contributed by atoms with E-state index in [0.29, 0.717) is 24.6 Å². The van der Waals surface area contributed by atoms with Gasteiger partial charge in [-0.3, -0.25) is 14.3 Å². The monoisotopic (exact) mass is 277 g/mol. The van der Waals surface area contributed by atoms with E-state index in [1.165, 1.54) is 25.7 Å². The molecule has 110 valence electrons. The highest BCUT2D eigenvalue weighted by atomic mass is 16.2. The third-order valence-corrected chi connectivity index (χ3v) is 4.46. The van der Waals surface area contributed by atoms with Crippen molar-refractivity contribution in [1.29, 1.82) is 0 Å². The Morgan fingerprint density at radius 1 is 1.30 bits per heavy atom. The fourth-order valence-corrected chi connectivity index (χ4v) is 2.95. The van der Waals surface area contributed by atoms with Crippen molar-refractivity contribution in [2.45, 2.75) is 51.6 Å². The van der Waals surface area contributed by atoms with Crippen molar-refractivity contribution in [2.75, 3.05) is 6.54 Å². The molecule has 2 N–H and O–H groups in total. The van der Waals surface area contributed by atoms with Crippen molar-refractivity contribution in [3.63, 3.8) is 0 Å². The van der Waals surface area contributed by atoms with Gasteiger partial charge >= 0.3 is 5.69 Å². The molecule has 20 heavy (non-hydrogen) atoms. The smallest absolute Gasteiger partial charge is 0.312 e. The van der Waals surface area contributed by atoms with Gasteiger partial charge in [0.2, 0.25) is 0 Å². The molecule has 1 aromatic rings. The van der Waals surface area contributed by atoms with E-state index < -0.39 is 0 Å². The maximum Gasteiger partial charge on any atom is 0.328 e. The fraction of sp³-hybridized carbons (Fsp3) is 0.733. The van der Waals surface area contributed by atoms with Crippen LogP contribution in [0.2, 0.25) is 0 Å². The molecule has 0 aromatic carbocycles. The van der Waals surface area contributed by atoms with Crippen molar-refractivity contribution in [1.82, 2.24) is 14.9 Å². The molecule has 2 aliphatic carbocycles. The molecule has 3 rings (SSSR count). The molecule has 0 spiro atoms.